The van der Waals surface area contributed by atoms with Crippen molar-refractivity contribution in [2.24, 2.45) is 5.92 Å². The fraction of sp³-hybridized carbons (Fsp3) is 0.871. The zero-order valence-corrected chi connectivity index (χ0v) is 28.9. The summed E-state index contributed by atoms with van der Waals surface area (Å²) in [7, 11) is -0.409. The number of hydrogen-bond acceptors (Lipinski definition) is 8. The number of carboxylic acids is 1. The number of amides is 3. The van der Waals surface area contributed by atoms with Gasteiger partial charge in [0.2, 0.25) is 5.91 Å². The molecule has 2 rings (SSSR count). The van der Waals surface area contributed by atoms with E-state index in [1.165, 1.54) is 4.90 Å². The number of ether oxygens (including phenoxy) is 2. The van der Waals surface area contributed by atoms with Crippen molar-refractivity contribution in [3.8, 4) is 0 Å². The number of carboxylic acid groups (broad SMARTS) is 1. The lowest BCUT2D eigenvalue weighted by atomic mass is 9.80. The summed E-state index contributed by atoms with van der Waals surface area (Å²) in [6, 6.07) is -1.59. The number of carbonyl (C=O) groups is 4. The maximum atomic E-state index is 13.5. The number of carbonyl (C=O) groups excluding carboxylic acids is 3. The van der Waals surface area contributed by atoms with E-state index in [2.05, 4.69) is 10.6 Å². The van der Waals surface area contributed by atoms with Crippen molar-refractivity contribution in [1.29, 1.82) is 0 Å². The van der Waals surface area contributed by atoms with E-state index < -0.39 is 71.2 Å². The average Bonchev–Trinajstić information content (AvgIpc) is 3.31. The molecule has 2 aliphatic rings. The van der Waals surface area contributed by atoms with Crippen molar-refractivity contribution >= 4 is 31.2 Å². The van der Waals surface area contributed by atoms with E-state index in [4.69, 9.17) is 18.8 Å². The fourth-order valence-corrected chi connectivity index (χ4v) is 5.43. The van der Waals surface area contributed by atoms with Gasteiger partial charge in [0.1, 0.15) is 22.8 Å². The summed E-state index contributed by atoms with van der Waals surface area (Å²) in [5, 5.41) is 16.1. The predicted octanol–water partition coefficient (Wildman–Crippen LogP) is 5.14. The first kappa shape index (κ1) is 37.7. The molecule has 0 radical (unpaired) electrons. The van der Waals surface area contributed by atoms with E-state index in [1.54, 1.807) is 41.5 Å². The molecule has 252 valence electrons. The molecular formula is C31H56BN3O9. The largest absolute Gasteiger partial charge is 0.479 e. The Bertz CT molecular complexity index is 1040. The fourth-order valence-electron chi connectivity index (χ4n) is 5.43. The first-order valence-corrected chi connectivity index (χ1v) is 15.8. The third kappa shape index (κ3) is 9.73. The van der Waals surface area contributed by atoms with Crippen LogP contribution in [0, 0.1) is 5.92 Å². The molecule has 3 N–H and O–H groups in total. The van der Waals surface area contributed by atoms with Crippen LogP contribution >= 0.6 is 0 Å². The second-order valence-electron chi connectivity index (χ2n) is 15.3. The van der Waals surface area contributed by atoms with Crippen molar-refractivity contribution in [1.82, 2.24) is 15.5 Å². The van der Waals surface area contributed by atoms with Crippen molar-refractivity contribution in [2.45, 2.75) is 162 Å². The first-order valence-electron chi connectivity index (χ1n) is 15.8. The lowest BCUT2D eigenvalue weighted by Gasteiger charge is -2.35. The Morgan fingerprint density at radius 2 is 1.52 bits per heavy atom. The minimum Gasteiger partial charge on any atom is -0.479 e. The maximum Gasteiger partial charge on any atom is 0.457 e. The molecule has 4 unspecified atom stereocenters. The van der Waals surface area contributed by atoms with Gasteiger partial charge in [-0.2, -0.15) is 0 Å². The molecule has 2 aliphatic heterocycles. The van der Waals surface area contributed by atoms with E-state index >= 15 is 0 Å². The van der Waals surface area contributed by atoms with E-state index in [1.807, 2.05) is 41.5 Å². The molecule has 0 aromatic carbocycles. The summed E-state index contributed by atoms with van der Waals surface area (Å²) >= 11 is 0. The van der Waals surface area contributed by atoms with Crippen LogP contribution in [0.5, 0.6) is 0 Å². The normalized spacial score (nSPS) is 24.4. The Morgan fingerprint density at radius 1 is 0.977 bits per heavy atom. The van der Waals surface area contributed by atoms with Crippen LogP contribution in [0.2, 0.25) is 6.32 Å². The predicted molar refractivity (Wildman–Crippen MR) is 167 cm³/mol. The van der Waals surface area contributed by atoms with E-state index in [0.717, 1.165) is 0 Å². The highest BCUT2D eigenvalue weighted by atomic mass is 16.7. The Kier molecular flexibility index (Phi) is 11.8. The lowest BCUT2D eigenvalue weighted by Crippen LogP contribution is -2.54. The van der Waals surface area contributed by atoms with E-state index in [0.29, 0.717) is 25.6 Å². The molecule has 13 heteroatoms. The maximum absolute atomic E-state index is 13.5. The van der Waals surface area contributed by atoms with Crippen molar-refractivity contribution in [3.05, 3.63) is 0 Å². The minimum absolute atomic E-state index is 0.0104. The molecule has 2 fully saturated rings. The van der Waals surface area contributed by atoms with Gasteiger partial charge < -0.3 is 34.5 Å². The van der Waals surface area contributed by atoms with Crippen molar-refractivity contribution < 1.29 is 43.1 Å². The number of hydrogen-bond donors (Lipinski definition) is 3. The summed E-state index contributed by atoms with van der Waals surface area (Å²) < 4.78 is 23.1. The molecule has 4 atom stereocenters. The van der Waals surface area contributed by atoms with Gasteiger partial charge in [-0.15, -0.1) is 0 Å². The van der Waals surface area contributed by atoms with Gasteiger partial charge in [0.05, 0.1) is 11.2 Å². The highest BCUT2D eigenvalue weighted by Crippen LogP contribution is 2.40. The Balaban J connectivity index is 2.22. The molecule has 12 nitrogen and oxygen atoms in total. The van der Waals surface area contributed by atoms with Crippen molar-refractivity contribution in [3.63, 3.8) is 0 Å². The molecule has 3 amide bonds. The standard InChI is InChI=1S/C31H56BN3O9/c1-13-20(2)22(34-25(39)41-27(3,4)5)23(36)33-21-18-31(24(37)38,35(19-21)26(40)42-28(6,7)8)16-14-15-17-32-43-29(9,10)30(11,12)44-32/h20-22H,13-19H2,1-12H3,(H,33,36)(H,34,39)(H,37,38). The molecule has 0 aromatic heterocycles. The number of likely N-dealkylation sites (tertiary alicyclic amines) is 1. The van der Waals surface area contributed by atoms with Gasteiger partial charge in [0.15, 0.2) is 0 Å². The van der Waals surface area contributed by atoms with Crippen LogP contribution in [0.1, 0.15) is 115 Å². The van der Waals surface area contributed by atoms with Crippen LogP contribution in [0.15, 0.2) is 0 Å². The molecule has 0 aromatic rings. The van der Waals surface area contributed by atoms with Crippen LogP contribution in [-0.2, 0) is 28.4 Å². The highest BCUT2D eigenvalue weighted by molar-refractivity contribution is 6.45. The lowest BCUT2D eigenvalue weighted by molar-refractivity contribution is -0.150. The summed E-state index contributed by atoms with van der Waals surface area (Å²) in [5.41, 5.74) is -4.12. The zero-order valence-electron chi connectivity index (χ0n) is 28.9. The Hall–Kier alpha value is -2.54. The topological polar surface area (TPSA) is 153 Å². The monoisotopic (exact) mass is 625 g/mol. The van der Waals surface area contributed by atoms with E-state index in [-0.39, 0.29) is 25.3 Å². The number of nitrogens with zero attached hydrogens (tertiary/aromatic N) is 1. The molecule has 2 heterocycles. The third-order valence-electron chi connectivity index (χ3n) is 8.61. The SMILES string of the molecule is CCC(C)C(NC(=O)OC(C)(C)C)C(=O)NC1CN(C(=O)OC(C)(C)C)C(CCCCB2OC(C)(C)C(C)(C)O2)(C(=O)O)C1. The third-order valence-corrected chi connectivity index (χ3v) is 8.61. The van der Waals surface area contributed by atoms with Crippen LogP contribution in [0.25, 0.3) is 0 Å². The quantitative estimate of drug-likeness (QED) is 0.209. The second-order valence-corrected chi connectivity index (χ2v) is 15.3. The minimum atomic E-state index is -1.60. The number of aliphatic carboxylic acids is 1. The van der Waals surface area contributed by atoms with Crippen molar-refractivity contribution in [2.75, 3.05) is 6.54 Å². The van der Waals surface area contributed by atoms with Crippen LogP contribution in [-0.4, -0.2) is 87.8 Å². The van der Waals surface area contributed by atoms with Gasteiger partial charge in [-0.25, -0.2) is 14.4 Å². The molecule has 0 spiro atoms. The van der Waals surface area contributed by atoms with Crippen LogP contribution in [0.3, 0.4) is 0 Å². The average molecular weight is 626 g/mol. The molecular weight excluding hydrogens is 569 g/mol. The number of rotatable bonds is 11. The summed E-state index contributed by atoms with van der Waals surface area (Å²) in [5.74, 6) is -1.87. The first-order chi connectivity index (χ1) is 19.9. The van der Waals surface area contributed by atoms with Gasteiger partial charge in [0, 0.05) is 19.0 Å². The van der Waals surface area contributed by atoms with Crippen LogP contribution in [0.4, 0.5) is 9.59 Å². The summed E-state index contributed by atoms with van der Waals surface area (Å²) in [6.45, 7) is 21.9. The number of alkyl carbamates (subject to hydrolysis) is 1. The Morgan fingerprint density at radius 3 is 2.00 bits per heavy atom. The molecule has 0 bridgehead atoms. The molecule has 0 aliphatic carbocycles. The van der Waals surface area contributed by atoms with Crippen LogP contribution < -0.4 is 10.6 Å². The number of nitrogens with one attached hydrogen (secondary N) is 2. The van der Waals surface area contributed by atoms with Gasteiger partial charge in [-0.1, -0.05) is 33.1 Å². The zero-order chi connectivity index (χ0) is 33.9. The molecule has 44 heavy (non-hydrogen) atoms. The Labute approximate surface area is 263 Å². The molecule has 0 saturated carbocycles. The van der Waals surface area contributed by atoms with Gasteiger partial charge in [-0.3, -0.25) is 9.69 Å². The summed E-state index contributed by atoms with van der Waals surface area (Å²) in [4.78, 5) is 53.6. The second kappa shape index (κ2) is 13.8. The number of unbranched alkanes of at least 4 members (excludes halogenated alkanes) is 1. The summed E-state index contributed by atoms with van der Waals surface area (Å²) in [6.07, 6.45) is 0.927. The molecule has 2 saturated heterocycles. The van der Waals surface area contributed by atoms with Gasteiger partial charge in [0.25, 0.3) is 0 Å². The highest BCUT2D eigenvalue weighted by Gasteiger charge is 2.55. The van der Waals surface area contributed by atoms with Gasteiger partial charge >= 0.3 is 25.3 Å². The van der Waals surface area contributed by atoms with E-state index in [9.17, 15) is 24.3 Å². The van der Waals surface area contributed by atoms with Gasteiger partial charge in [-0.05, 0) is 87.9 Å². The smallest absolute Gasteiger partial charge is 0.457 e.